The van der Waals surface area contributed by atoms with Crippen LogP contribution in [0, 0.1) is 0 Å². The number of nitrogens with zero attached hydrogens (tertiary/aromatic N) is 3. The Hall–Kier alpha value is -1.13. The second kappa shape index (κ2) is 7.76. The molecule has 0 radical (unpaired) electrons. The van der Waals surface area contributed by atoms with Crippen molar-refractivity contribution in [1.29, 1.82) is 0 Å². The van der Waals surface area contributed by atoms with E-state index in [2.05, 4.69) is 55.2 Å². The Bertz CT molecular complexity index is 433. The molecule has 1 N–H and O–H groups in total. The number of likely N-dealkylation sites (N-methyl/N-ethyl adjacent to an activating group) is 1. The predicted molar refractivity (Wildman–Crippen MR) is 89.9 cm³/mol. The maximum atomic E-state index is 4.69. The molecule has 1 aromatic rings. The molecule has 21 heavy (non-hydrogen) atoms. The summed E-state index contributed by atoms with van der Waals surface area (Å²) in [4.78, 5) is 9.50. The lowest BCUT2D eigenvalue weighted by atomic mass is 10.0. The van der Waals surface area contributed by atoms with Crippen LogP contribution < -0.4 is 10.2 Å². The fraction of sp³-hybridized carbons (Fsp3) is 0.706. The maximum Gasteiger partial charge on any atom is 0.133 e. The Morgan fingerprint density at radius 3 is 3.00 bits per heavy atom. The summed E-state index contributed by atoms with van der Waals surface area (Å²) in [5.74, 6) is 1.17. The molecule has 0 bridgehead atoms. The van der Waals surface area contributed by atoms with Crippen molar-refractivity contribution >= 4 is 5.82 Å². The summed E-state index contributed by atoms with van der Waals surface area (Å²) in [6.45, 7) is 7.70. The minimum absolute atomic E-state index is 0.355. The van der Waals surface area contributed by atoms with Crippen molar-refractivity contribution in [3.63, 3.8) is 0 Å². The monoisotopic (exact) mass is 290 g/mol. The topological polar surface area (TPSA) is 31.4 Å². The molecule has 4 nitrogen and oxygen atoms in total. The Labute approximate surface area is 129 Å². The molecule has 2 atom stereocenters. The predicted octanol–water partition coefficient (Wildman–Crippen LogP) is 2.67. The van der Waals surface area contributed by atoms with E-state index >= 15 is 0 Å². The molecule has 0 amide bonds. The van der Waals surface area contributed by atoms with Crippen molar-refractivity contribution in [2.45, 2.75) is 45.2 Å². The summed E-state index contributed by atoms with van der Waals surface area (Å²) in [6, 6.07) is 5.26. The summed E-state index contributed by atoms with van der Waals surface area (Å²) in [5, 5.41) is 3.58. The van der Waals surface area contributed by atoms with Crippen LogP contribution in [0.25, 0.3) is 0 Å². The first kappa shape index (κ1) is 16.2. The van der Waals surface area contributed by atoms with Crippen LogP contribution in [0.2, 0.25) is 0 Å². The van der Waals surface area contributed by atoms with E-state index in [1.807, 2.05) is 6.20 Å². The van der Waals surface area contributed by atoms with E-state index in [1.165, 1.54) is 24.2 Å². The highest BCUT2D eigenvalue weighted by atomic mass is 15.2. The van der Waals surface area contributed by atoms with Gasteiger partial charge in [0.2, 0.25) is 0 Å². The third kappa shape index (κ3) is 4.17. The molecular formula is C17H30N4. The number of rotatable bonds is 6. The molecule has 1 aromatic heterocycles. The van der Waals surface area contributed by atoms with Crippen LogP contribution in [0.5, 0.6) is 0 Å². The average molecular weight is 290 g/mol. The van der Waals surface area contributed by atoms with Crippen LogP contribution in [0.15, 0.2) is 18.3 Å². The maximum absolute atomic E-state index is 4.69. The molecular weight excluding hydrogens is 260 g/mol. The van der Waals surface area contributed by atoms with Crippen molar-refractivity contribution in [2.75, 3.05) is 38.6 Å². The first-order chi connectivity index (χ1) is 10.1. The van der Waals surface area contributed by atoms with Crippen molar-refractivity contribution in [3.05, 3.63) is 23.9 Å². The largest absolute Gasteiger partial charge is 0.355 e. The molecule has 1 aliphatic rings. The molecule has 2 rings (SSSR count). The number of hydrogen-bond donors (Lipinski definition) is 1. The van der Waals surface area contributed by atoms with Crippen LogP contribution in [0.3, 0.4) is 0 Å². The van der Waals surface area contributed by atoms with Gasteiger partial charge in [0.25, 0.3) is 0 Å². The number of anilines is 1. The standard InChI is InChI=1S/C17H30N4/c1-5-10-18-14(2)16-9-6-11-19-17(16)21-12-7-8-15(13-21)20(3)4/h6,9,11,14-15,18H,5,7-8,10,12-13H2,1-4H3. The van der Waals surface area contributed by atoms with E-state index in [0.29, 0.717) is 12.1 Å². The van der Waals surface area contributed by atoms with E-state index < -0.39 is 0 Å². The normalized spacial score (nSPS) is 20.8. The lowest BCUT2D eigenvalue weighted by Gasteiger charge is -2.38. The Kier molecular flexibility index (Phi) is 6.00. The molecule has 2 unspecified atom stereocenters. The lowest BCUT2D eigenvalue weighted by Crippen LogP contribution is -2.46. The Balaban J connectivity index is 2.15. The molecule has 1 aliphatic heterocycles. The highest BCUT2D eigenvalue weighted by molar-refractivity contribution is 5.49. The van der Waals surface area contributed by atoms with Gasteiger partial charge in [-0.25, -0.2) is 4.98 Å². The van der Waals surface area contributed by atoms with Crippen molar-refractivity contribution < 1.29 is 0 Å². The van der Waals surface area contributed by atoms with Gasteiger partial charge in [-0.05, 0) is 52.9 Å². The number of aromatic nitrogens is 1. The van der Waals surface area contributed by atoms with Gasteiger partial charge in [-0.2, -0.15) is 0 Å². The summed E-state index contributed by atoms with van der Waals surface area (Å²) in [5.41, 5.74) is 1.32. The van der Waals surface area contributed by atoms with Gasteiger partial charge in [-0.3, -0.25) is 0 Å². The van der Waals surface area contributed by atoms with Gasteiger partial charge < -0.3 is 15.1 Å². The number of piperidine rings is 1. The van der Waals surface area contributed by atoms with E-state index in [-0.39, 0.29) is 0 Å². The summed E-state index contributed by atoms with van der Waals surface area (Å²) in [6.07, 6.45) is 5.61. The number of pyridine rings is 1. The van der Waals surface area contributed by atoms with Gasteiger partial charge in [0, 0.05) is 36.9 Å². The minimum Gasteiger partial charge on any atom is -0.355 e. The Morgan fingerprint density at radius 1 is 1.48 bits per heavy atom. The minimum atomic E-state index is 0.355. The molecule has 0 spiro atoms. The lowest BCUT2D eigenvalue weighted by molar-refractivity contribution is 0.257. The van der Waals surface area contributed by atoms with E-state index in [0.717, 1.165) is 26.1 Å². The number of hydrogen-bond acceptors (Lipinski definition) is 4. The second-order valence-electron chi connectivity index (χ2n) is 6.30. The van der Waals surface area contributed by atoms with Crippen LogP contribution in [0.4, 0.5) is 5.82 Å². The summed E-state index contributed by atoms with van der Waals surface area (Å²) in [7, 11) is 4.36. The molecule has 0 aromatic carbocycles. The summed E-state index contributed by atoms with van der Waals surface area (Å²) < 4.78 is 0. The van der Waals surface area contributed by atoms with E-state index in [1.54, 1.807) is 0 Å². The zero-order valence-corrected chi connectivity index (χ0v) is 14.0. The average Bonchev–Trinajstić information content (AvgIpc) is 2.52. The molecule has 4 heteroatoms. The van der Waals surface area contributed by atoms with Gasteiger partial charge in [0.15, 0.2) is 0 Å². The molecule has 1 saturated heterocycles. The van der Waals surface area contributed by atoms with Gasteiger partial charge in [-0.1, -0.05) is 13.0 Å². The molecule has 0 aliphatic carbocycles. The van der Waals surface area contributed by atoms with Crippen LogP contribution in [-0.2, 0) is 0 Å². The first-order valence-corrected chi connectivity index (χ1v) is 8.23. The van der Waals surface area contributed by atoms with Gasteiger partial charge in [0.1, 0.15) is 5.82 Å². The fourth-order valence-electron chi connectivity index (χ4n) is 3.05. The summed E-state index contributed by atoms with van der Waals surface area (Å²) >= 11 is 0. The third-order valence-electron chi connectivity index (χ3n) is 4.41. The zero-order chi connectivity index (χ0) is 15.2. The van der Waals surface area contributed by atoms with Crippen molar-refractivity contribution in [1.82, 2.24) is 15.2 Å². The highest BCUT2D eigenvalue weighted by Crippen LogP contribution is 2.27. The van der Waals surface area contributed by atoms with Crippen LogP contribution in [-0.4, -0.2) is 49.7 Å². The van der Waals surface area contributed by atoms with Crippen molar-refractivity contribution in [3.8, 4) is 0 Å². The quantitative estimate of drug-likeness (QED) is 0.873. The number of nitrogens with one attached hydrogen (secondary N) is 1. The fourth-order valence-corrected chi connectivity index (χ4v) is 3.05. The van der Waals surface area contributed by atoms with Crippen molar-refractivity contribution in [2.24, 2.45) is 0 Å². The van der Waals surface area contributed by atoms with Gasteiger partial charge >= 0.3 is 0 Å². The van der Waals surface area contributed by atoms with Crippen LogP contribution in [0.1, 0.15) is 44.7 Å². The first-order valence-electron chi connectivity index (χ1n) is 8.23. The van der Waals surface area contributed by atoms with Crippen LogP contribution >= 0.6 is 0 Å². The smallest absolute Gasteiger partial charge is 0.133 e. The molecule has 2 heterocycles. The third-order valence-corrected chi connectivity index (χ3v) is 4.41. The molecule has 0 saturated carbocycles. The second-order valence-corrected chi connectivity index (χ2v) is 6.30. The Morgan fingerprint density at radius 2 is 2.29 bits per heavy atom. The zero-order valence-electron chi connectivity index (χ0n) is 14.0. The van der Waals surface area contributed by atoms with Gasteiger partial charge in [0.05, 0.1) is 0 Å². The van der Waals surface area contributed by atoms with E-state index in [9.17, 15) is 0 Å². The SMILES string of the molecule is CCCNC(C)c1cccnc1N1CCCC(N(C)C)C1. The van der Waals surface area contributed by atoms with Gasteiger partial charge in [-0.15, -0.1) is 0 Å². The molecule has 1 fully saturated rings. The van der Waals surface area contributed by atoms with E-state index in [4.69, 9.17) is 4.98 Å². The molecule has 118 valence electrons. The highest BCUT2D eigenvalue weighted by Gasteiger charge is 2.24.